The van der Waals surface area contributed by atoms with Crippen LogP contribution in [0.25, 0.3) is 10.9 Å². The van der Waals surface area contributed by atoms with E-state index in [2.05, 4.69) is 0 Å². The number of fused-ring (bicyclic) bond motifs is 3. The largest absolute Gasteiger partial charge is 0.480 e. The Morgan fingerprint density at radius 2 is 2.00 bits per heavy atom. The van der Waals surface area contributed by atoms with E-state index in [1.807, 2.05) is 30.3 Å². The van der Waals surface area contributed by atoms with E-state index in [1.54, 1.807) is 22.6 Å². The van der Waals surface area contributed by atoms with Crippen LogP contribution in [0.5, 0.6) is 0 Å². The quantitative estimate of drug-likeness (QED) is 0.556. The summed E-state index contributed by atoms with van der Waals surface area (Å²) in [6.45, 7) is 0.713. The number of nitrogens with zero attached hydrogens (tertiary/aromatic N) is 2. The van der Waals surface area contributed by atoms with Crippen molar-refractivity contribution in [2.24, 2.45) is 0 Å². The summed E-state index contributed by atoms with van der Waals surface area (Å²) in [7, 11) is 1.58. The molecule has 0 bridgehead atoms. The second-order valence-electron chi connectivity index (χ2n) is 8.19. The molecule has 1 atom stereocenters. The number of carboxylic acid groups (broad SMARTS) is 1. The number of rotatable bonds is 8. The highest BCUT2D eigenvalue weighted by Crippen LogP contribution is 2.34. The van der Waals surface area contributed by atoms with Crippen LogP contribution in [0, 0.1) is 5.82 Å². The fourth-order valence-electron chi connectivity index (χ4n) is 4.60. The molecule has 174 valence electrons. The van der Waals surface area contributed by atoms with Gasteiger partial charge in [-0.05, 0) is 48.6 Å². The molecule has 1 unspecified atom stereocenters. The molecule has 33 heavy (non-hydrogen) atoms. The molecule has 8 heteroatoms. The molecule has 0 spiro atoms. The standard InChI is InChI=1S/C25H27FN2O5/c1-32-12-11-27(25(31)33-16-17-5-3-2-4-6-17)19-8-10-23-21(14-19)20-13-18(26)7-9-22(20)28(23)15-24(29)30/h2-7,9,13,19H,8,10-12,14-16H2,1H3,(H,29,30). The number of carboxylic acids is 1. The predicted octanol–water partition coefficient (Wildman–Crippen LogP) is 4.01. The van der Waals surface area contributed by atoms with E-state index in [9.17, 15) is 19.1 Å². The number of amides is 1. The topological polar surface area (TPSA) is 81.0 Å². The maximum absolute atomic E-state index is 14.1. The van der Waals surface area contributed by atoms with Crippen LogP contribution in [0.15, 0.2) is 48.5 Å². The summed E-state index contributed by atoms with van der Waals surface area (Å²) in [6.07, 6.45) is 1.30. The SMILES string of the molecule is COCCN(C(=O)OCc1ccccc1)C1CCc2c(c3cc(F)ccc3n2CC(=O)O)C1. The number of ether oxygens (including phenoxy) is 2. The zero-order valence-electron chi connectivity index (χ0n) is 18.5. The zero-order chi connectivity index (χ0) is 23.4. The highest BCUT2D eigenvalue weighted by molar-refractivity contribution is 5.87. The molecule has 0 saturated heterocycles. The van der Waals surface area contributed by atoms with Crippen LogP contribution in [0.2, 0.25) is 0 Å². The summed E-state index contributed by atoms with van der Waals surface area (Å²) >= 11 is 0. The van der Waals surface area contributed by atoms with Gasteiger partial charge in [-0.15, -0.1) is 0 Å². The van der Waals surface area contributed by atoms with Gasteiger partial charge in [0.05, 0.1) is 6.61 Å². The average Bonchev–Trinajstić information content (AvgIpc) is 3.10. The van der Waals surface area contributed by atoms with Crippen LogP contribution >= 0.6 is 0 Å². The van der Waals surface area contributed by atoms with Gasteiger partial charge in [-0.25, -0.2) is 9.18 Å². The number of halogens is 1. The molecule has 1 heterocycles. The summed E-state index contributed by atoms with van der Waals surface area (Å²) in [4.78, 5) is 26.1. The maximum Gasteiger partial charge on any atom is 0.410 e. The van der Waals surface area contributed by atoms with Gasteiger partial charge in [0.2, 0.25) is 0 Å². The number of hydrogen-bond donors (Lipinski definition) is 1. The Balaban J connectivity index is 1.60. The normalized spacial score (nSPS) is 15.3. The molecule has 0 aliphatic heterocycles. The Bertz CT molecular complexity index is 1140. The molecule has 1 aliphatic rings. The molecule has 1 aliphatic carbocycles. The van der Waals surface area contributed by atoms with Crippen LogP contribution in [-0.2, 0) is 40.3 Å². The summed E-state index contributed by atoms with van der Waals surface area (Å²) in [6, 6.07) is 13.7. The Morgan fingerprint density at radius 3 is 2.73 bits per heavy atom. The predicted molar refractivity (Wildman–Crippen MR) is 121 cm³/mol. The molecule has 1 N–H and O–H groups in total. The fraction of sp³-hybridized carbons (Fsp3) is 0.360. The van der Waals surface area contributed by atoms with Crippen molar-refractivity contribution >= 4 is 23.0 Å². The van der Waals surface area contributed by atoms with Gasteiger partial charge in [-0.1, -0.05) is 30.3 Å². The maximum atomic E-state index is 14.1. The average molecular weight is 454 g/mol. The van der Waals surface area contributed by atoms with Crippen LogP contribution in [0.3, 0.4) is 0 Å². The second kappa shape index (κ2) is 10.0. The minimum absolute atomic E-state index is 0.164. The first kappa shape index (κ1) is 22.8. The Hall–Kier alpha value is -3.39. The molecule has 1 amide bonds. The lowest BCUT2D eigenvalue weighted by atomic mass is 9.90. The molecule has 0 radical (unpaired) electrons. The minimum Gasteiger partial charge on any atom is -0.480 e. The van der Waals surface area contributed by atoms with E-state index in [4.69, 9.17) is 9.47 Å². The van der Waals surface area contributed by atoms with Crippen LogP contribution in [0.4, 0.5) is 9.18 Å². The molecular formula is C25H27FN2O5. The minimum atomic E-state index is -0.952. The summed E-state index contributed by atoms with van der Waals surface area (Å²) in [5.41, 5.74) is 3.37. The Morgan fingerprint density at radius 1 is 1.21 bits per heavy atom. The Labute approximate surface area is 191 Å². The van der Waals surface area contributed by atoms with Crippen LogP contribution in [0.1, 0.15) is 23.2 Å². The van der Waals surface area contributed by atoms with E-state index in [1.165, 1.54) is 12.1 Å². The molecule has 1 aromatic heterocycles. The highest BCUT2D eigenvalue weighted by Gasteiger charge is 2.32. The number of methoxy groups -OCH3 is 1. The molecular weight excluding hydrogens is 427 g/mol. The molecule has 0 fully saturated rings. The summed E-state index contributed by atoms with van der Waals surface area (Å²) in [5, 5.41) is 10.1. The van der Waals surface area contributed by atoms with Gasteiger partial charge < -0.3 is 24.0 Å². The number of carbonyl (C=O) groups is 2. The van der Waals surface area contributed by atoms with Gasteiger partial charge in [0.15, 0.2) is 0 Å². The van der Waals surface area contributed by atoms with E-state index < -0.39 is 12.1 Å². The highest BCUT2D eigenvalue weighted by atomic mass is 19.1. The van der Waals surface area contributed by atoms with E-state index in [0.29, 0.717) is 43.3 Å². The molecule has 3 aromatic rings. The van der Waals surface area contributed by atoms with Gasteiger partial charge in [0, 0.05) is 36.3 Å². The number of carbonyl (C=O) groups excluding carboxylic acids is 1. The van der Waals surface area contributed by atoms with Crippen molar-refractivity contribution in [1.29, 1.82) is 0 Å². The van der Waals surface area contributed by atoms with Crippen LogP contribution < -0.4 is 0 Å². The van der Waals surface area contributed by atoms with Crippen molar-refractivity contribution in [3.63, 3.8) is 0 Å². The summed E-state index contributed by atoms with van der Waals surface area (Å²) < 4.78 is 26.6. The fourth-order valence-corrected chi connectivity index (χ4v) is 4.60. The zero-order valence-corrected chi connectivity index (χ0v) is 18.5. The first-order valence-electron chi connectivity index (χ1n) is 11.0. The monoisotopic (exact) mass is 454 g/mol. The number of aromatic nitrogens is 1. The lowest BCUT2D eigenvalue weighted by Gasteiger charge is -2.34. The number of aliphatic carboxylic acids is 1. The first-order valence-corrected chi connectivity index (χ1v) is 11.0. The first-order chi connectivity index (χ1) is 16.0. The van der Waals surface area contributed by atoms with Gasteiger partial charge in [-0.3, -0.25) is 4.79 Å². The molecule has 4 rings (SSSR count). The van der Waals surface area contributed by atoms with Crippen molar-refractivity contribution in [2.45, 2.75) is 38.5 Å². The van der Waals surface area contributed by atoms with E-state index >= 15 is 0 Å². The molecule has 7 nitrogen and oxygen atoms in total. The second-order valence-corrected chi connectivity index (χ2v) is 8.19. The number of benzene rings is 2. The third-order valence-corrected chi connectivity index (χ3v) is 6.11. The van der Waals surface area contributed by atoms with Crippen molar-refractivity contribution in [3.05, 3.63) is 71.2 Å². The molecule has 0 saturated carbocycles. The van der Waals surface area contributed by atoms with E-state index in [0.717, 1.165) is 16.8 Å². The van der Waals surface area contributed by atoms with Crippen molar-refractivity contribution in [2.75, 3.05) is 20.3 Å². The lowest BCUT2D eigenvalue weighted by Crippen LogP contribution is -2.45. The Kier molecular flexibility index (Phi) is 6.93. The van der Waals surface area contributed by atoms with Gasteiger partial charge in [0.25, 0.3) is 0 Å². The third-order valence-electron chi connectivity index (χ3n) is 6.11. The van der Waals surface area contributed by atoms with Gasteiger partial charge >= 0.3 is 12.1 Å². The molecule has 2 aromatic carbocycles. The van der Waals surface area contributed by atoms with Crippen molar-refractivity contribution < 1.29 is 28.6 Å². The van der Waals surface area contributed by atoms with E-state index in [-0.39, 0.29) is 25.0 Å². The third kappa shape index (κ3) is 5.01. The lowest BCUT2D eigenvalue weighted by molar-refractivity contribution is -0.137. The van der Waals surface area contributed by atoms with Crippen molar-refractivity contribution in [3.8, 4) is 0 Å². The number of hydrogen-bond acceptors (Lipinski definition) is 4. The summed E-state index contributed by atoms with van der Waals surface area (Å²) in [5.74, 6) is -1.33. The van der Waals surface area contributed by atoms with Gasteiger partial charge in [0.1, 0.15) is 19.0 Å². The van der Waals surface area contributed by atoms with Crippen molar-refractivity contribution in [1.82, 2.24) is 9.47 Å². The smallest absolute Gasteiger partial charge is 0.410 e. The van der Waals surface area contributed by atoms with Crippen LogP contribution in [-0.4, -0.2) is 52.9 Å². The van der Waals surface area contributed by atoms with Gasteiger partial charge in [-0.2, -0.15) is 0 Å².